The number of allylic oxidation sites excluding steroid dienone is 1. The van der Waals surface area contributed by atoms with E-state index in [2.05, 4.69) is 5.32 Å². The van der Waals surface area contributed by atoms with E-state index in [-0.39, 0.29) is 26.9 Å². The summed E-state index contributed by atoms with van der Waals surface area (Å²) in [5.74, 6) is -0.609. The summed E-state index contributed by atoms with van der Waals surface area (Å²) in [6.07, 6.45) is -2.89. The topological polar surface area (TPSA) is 52.9 Å². The molecule has 0 fully saturated rings. The van der Waals surface area contributed by atoms with Gasteiger partial charge < -0.3 is 5.32 Å². The van der Waals surface area contributed by atoms with Gasteiger partial charge in [-0.3, -0.25) is 4.79 Å². The summed E-state index contributed by atoms with van der Waals surface area (Å²) in [7, 11) is 0. The predicted molar refractivity (Wildman–Crippen MR) is 97.0 cm³/mol. The summed E-state index contributed by atoms with van der Waals surface area (Å²) in [5.41, 5.74) is -0.811. The lowest BCUT2D eigenvalue weighted by Crippen LogP contribution is -2.10. The van der Waals surface area contributed by atoms with E-state index in [4.69, 9.17) is 11.6 Å². The number of nitrogens with one attached hydrogen (secondary N) is 1. The number of ketones is 1. The van der Waals surface area contributed by atoms with Crippen molar-refractivity contribution in [3.8, 4) is 6.07 Å². The molecule has 0 amide bonds. The van der Waals surface area contributed by atoms with E-state index in [1.54, 1.807) is 18.4 Å². The fraction of sp³-hybridized carbons (Fsp3) is 0.111. The highest BCUT2D eigenvalue weighted by Gasteiger charge is 2.30. The van der Waals surface area contributed by atoms with Crippen molar-refractivity contribution in [3.63, 3.8) is 0 Å². The minimum Gasteiger partial charge on any atom is -0.349 e. The van der Waals surface area contributed by atoms with Gasteiger partial charge in [0.15, 0.2) is 0 Å². The van der Waals surface area contributed by atoms with Crippen molar-refractivity contribution in [2.24, 2.45) is 0 Å². The molecule has 26 heavy (non-hydrogen) atoms. The minimum atomic E-state index is -4.49. The zero-order valence-corrected chi connectivity index (χ0v) is 15.0. The van der Waals surface area contributed by atoms with Crippen molar-refractivity contribution in [3.05, 3.63) is 75.3 Å². The number of nitrogens with zero attached hydrogens (tertiary/aromatic N) is 1. The highest BCUT2D eigenvalue weighted by molar-refractivity contribution is 8.02. The Hall–Kier alpha value is -2.43. The third-order valence-electron chi connectivity index (χ3n) is 3.34. The van der Waals surface area contributed by atoms with Crippen LogP contribution in [0.4, 0.5) is 18.9 Å². The molecular weight excluding hydrogens is 385 g/mol. The van der Waals surface area contributed by atoms with Crippen molar-refractivity contribution in [2.45, 2.75) is 6.18 Å². The number of hydrogen-bond acceptors (Lipinski definition) is 4. The second-order valence-corrected chi connectivity index (χ2v) is 6.26. The van der Waals surface area contributed by atoms with Crippen molar-refractivity contribution in [1.82, 2.24) is 0 Å². The van der Waals surface area contributed by atoms with Crippen LogP contribution in [-0.2, 0) is 6.18 Å². The van der Waals surface area contributed by atoms with Crippen molar-refractivity contribution in [2.75, 3.05) is 11.6 Å². The van der Waals surface area contributed by atoms with Gasteiger partial charge >= 0.3 is 6.18 Å². The first-order valence-electron chi connectivity index (χ1n) is 7.19. The first kappa shape index (κ1) is 19.9. The van der Waals surface area contributed by atoms with E-state index in [1.807, 2.05) is 6.07 Å². The Kier molecular flexibility index (Phi) is 6.35. The van der Waals surface area contributed by atoms with Gasteiger partial charge in [0.1, 0.15) is 11.6 Å². The molecule has 8 heteroatoms. The van der Waals surface area contributed by atoms with Gasteiger partial charge in [-0.15, -0.1) is 11.8 Å². The number of halogens is 4. The van der Waals surface area contributed by atoms with Crippen LogP contribution in [0.5, 0.6) is 0 Å². The smallest absolute Gasteiger partial charge is 0.349 e. The first-order valence-corrected chi connectivity index (χ1v) is 8.80. The van der Waals surface area contributed by atoms with Crippen molar-refractivity contribution >= 4 is 34.8 Å². The lowest BCUT2D eigenvalue weighted by atomic mass is 10.1. The Labute approximate surface area is 157 Å². The van der Waals surface area contributed by atoms with Crippen LogP contribution < -0.4 is 5.32 Å². The van der Waals surface area contributed by atoms with Crippen LogP contribution in [-0.4, -0.2) is 12.0 Å². The Bertz CT molecular complexity index is 904. The largest absolute Gasteiger partial charge is 0.416 e. The summed E-state index contributed by atoms with van der Waals surface area (Å²) in [4.78, 5) is 12.6. The summed E-state index contributed by atoms with van der Waals surface area (Å²) in [6, 6.07) is 12.6. The molecule has 134 valence electrons. The van der Waals surface area contributed by atoms with E-state index >= 15 is 0 Å². The number of benzene rings is 2. The van der Waals surface area contributed by atoms with Gasteiger partial charge in [-0.25, -0.2) is 0 Å². The van der Waals surface area contributed by atoms with Gasteiger partial charge in [0.05, 0.1) is 15.6 Å². The molecule has 0 atom stereocenters. The Morgan fingerprint density at radius 2 is 1.88 bits per heavy atom. The third-order valence-corrected chi connectivity index (χ3v) is 4.38. The zero-order valence-electron chi connectivity index (χ0n) is 13.4. The number of anilines is 1. The minimum absolute atomic E-state index is 0.115. The van der Waals surface area contributed by atoms with E-state index in [1.165, 1.54) is 24.3 Å². The zero-order chi connectivity index (χ0) is 19.3. The summed E-state index contributed by atoms with van der Waals surface area (Å²) >= 11 is 7.03. The van der Waals surface area contributed by atoms with Crippen LogP contribution >= 0.6 is 23.4 Å². The van der Waals surface area contributed by atoms with E-state index in [0.717, 1.165) is 23.9 Å². The Morgan fingerprint density at radius 1 is 1.19 bits per heavy atom. The number of hydrogen-bond donors (Lipinski definition) is 1. The number of thioether (sulfide) groups is 1. The maximum absolute atomic E-state index is 12.8. The van der Waals surface area contributed by atoms with Crippen LogP contribution in [0.1, 0.15) is 15.9 Å². The number of nitriles is 1. The summed E-state index contributed by atoms with van der Waals surface area (Å²) in [5, 5.41) is 12.4. The van der Waals surface area contributed by atoms with Crippen LogP contribution in [0.15, 0.2) is 59.1 Å². The molecule has 0 aliphatic rings. The monoisotopic (exact) mass is 396 g/mol. The molecule has 2 aromatic rings. The molecule has 1 N–H and O–H groups in total. The Morgan fingerprint density at radius 3 is 2.46 bits per heavy atom. The third kappa shape index (κ3) is 4.59. The number of rotatable bonds is 5. The number of carbonyl (C=O) groups excluding carboxylic acids is 1. The molecule has 2 rings (SSSR count). The molecule has 0 saturated heterocycles. The lowest BCUT2D eigenvalue weighted by molar-refractivity contribution is -0.137. The molecule has 0 saturated carbocycles. The number of alkyl halides is 3. The molecule has 0 radical (unpaired) electrons. The number of Topliss-reactive ketones (excluding diaryl/α,β-unsaturated/α-hetero) is 1. The Balaban J connectivity index is 2.43. The second-order valence-electron chi connectivity index (χ2n) is 5.03. The molecule has 0 aliphatic carbocycles. The SMILES string of the molecule is CS/C(Nc1cccc(C(F)(F)F)c1)=C(\C#N)C(=O)c1ccccc1Cl. The van der Waals surface area contributed by atoms with Crippen LogP contribution in [0.2, 0.25) is 5.02 Å². The number of carbonyl (C=O) groups is 1. The van der Waals surface area contributed by atoms with E-state index in [9.17, 15) is 23.2 Å². The lowest BCUT2D eigenvalue weighted by Gasteiger charge is -2.13. The van der Waals surface area contributed by atoms with Gasteiger partial charge in [0.2, 0.25) is 5.78 Å². The van der Waals surface area contributed by atoms with Gasteiger partial charge in [-0.2, -0.15) is 18.4 Å². The van der Waals surface area contributed by atoms with E-state index in [0.29, 0.717) is 0 Å². The predicted octanol–water partition coefficient (Wildman–Crippen LogP) is 5.75. The van der Waals surface area contributed by atoms with E-state index < -0.39 is 17.5 Å². The van der Waals surface area contributed by atoms with Gasteiger partial charge in [-0.05, 0) is 36.6 Å². The summed E-state index contributed by atoms with van der Waals surface area (Å²) in [6.45, 7) is 0. The maximum atomic E-state index is 12.8. The highest BCUT2D eigenvalue weighted by Crippen LogP contribution is 2.32. The van der Waals surface area contributed by atoms with Gasteiger partial charge in [0.25, 0.3) is 0 Å². The van der Waals surface area contributed by atoms with Crippen molar-refractivity contribution < 1.29 is 18.0 Å². The normalized spacial score (nSPS) is 12.2. The molecule has 0 unspecified atom stereocenters. The van der Waals surface area contributed by atoms with Gasteiger partial charge in [-0.1, -0.05) is 29.8 Å². The standard InChI is InChI=1S/C18H12ClF3N2OS/c1-26-17(24-12-6-4-5-11(9-12)18(20,21)22)14(10-23)16(25)13-7-2-3-8-15(13)19/h2-9,24H,1H3/b17-14+. The molecular formula is C18H12ClF3N2OS. The molecule has 0 aromatic heterocycles. The molecule has 2 aromatic carbocycles. The van der Waals surface area contributed by atoms with Gasteiger partial charge in [0, 0.05) is 11.3 Å². The molecule has 3 nitrogen and oxygen atoms in total. The van der Waals surface area contributed by atoms with Crippen LogP contribution in [0.3, 0.4) is 0 Å². The first-order chi connectivity index (χ1) is 12.3. The fourth-order valence-electron chi connectivity index (χ4n) is 2.10. The van der Waals surface area contributed by atoms with Crippen LogP contribution in [0.25, 0.3) is 0 Å². The highest BCUT2D eigenvalue weighted by atomic mass is 35.5. The average molecular weight is 397 g/mol. The fourth-order valence-corrected chi connectivity index (χ4v) is 2.89. The average Bonchev–Trinajstić information content (AvgIpc) is 2.61. The molecule has 0 heterocycles. The quantitative estimate of drug-likeness (QED) is 0.397. The maximum Gasteiger partial charge on any atom is 0.416 e. The van der Waals surface area contributed by atoms with Crippen LogP contribution in [0, 0.1) is 11.3 Å². The molecule has 0 aliphatic heterocycles. The molecule has 0 spiro atoms. The second kappa shape index (κ2) is 8.30. The summed E-state index contributed by atoms with van der Waals surface area (Å²) < 4.78 is 38.5. The van der Waals surface area contributed by atoms with Crippen molar-refractivity contribution in [1.29, 1.82) is 5.26 Å². The molecule has 0 bridgehead atoms.